The Morgan fingerprint density at radius 1 is 1.12 bits per heavy atom. The minimum atomic E-state index is 0. The summed E-state index contributed by atoms with van der Waals surface area (Å²) >= 11 is 5.79. The minimum absolute atomic E-state index is 0. The summed E-state index contributed by atoms with van der Waals surface area (Å²) in [5.74, 6) is 0.568. The van der Waals surface area contributed by atoms with E-state index in [4.69, 9.17) is 11.6 Å². The van der Waals surface area contributed by atoms with Gasteiger partial charge in [0.25, 0.3) is 0 Å². The second kappa shape index (κ2) is 13.7. The number of piperazine rings is 1. The van der Waals surface area contributed by atoms with Crippen molar-refractivity contribution in [3.8, 4) is 0 Å². The van der Waals surface area contributed by atoms with Gasteiger partial charge < -0.3 is 5.32 Å². The average Bonchev–Trinajstić information content (AvgIpc) is 3.01. The molecule has 24 heavy (non-hydrogen) atoms. The van der Waals surface area contributed by atoms with Gasteiger partial charge in [-0.25, -0.2) is 0 Å². The Labute approximate surface area is 182 Å². The third kappa shape index (κ3) is 8.28. The van der Waals surface area contributed by atoms with Gasteiger partial charge in [0.15, 0.2) is 0 Å². The molecule has 0 aromatic heterocycles. The van der Waals surface area contributed by atoms with Gasteiger partial charge in [-0.05, 0) is 43.9 Å². The zero-order valence-corrected chi connectivity index (χ0v) is 17.2. The minimum Gasteiger partial charge on any atom is -0.311 e. The van der Waals surface area contributed by atoms with Gasteiger partial charge in [0.1, 0.15) is 0 Å². The van der Waals surface area contributed by atoms with E-state index in [1.54, 1.807) is 0 Å². The van der Waals surface area contributed by atoms with Crippen LogP contribution in [0.3, 0.4) is 0 Å². The number of hydrogen-bond acceptors (Lipinski definition) is 2. The molecular formula is C20H39ClN2Y. The van der Waals surface area contributed by atoms with Crippen molar-refractivity contribution in [3.05, 3.63) is 34.9 Å². The van der Waals surface area contributed by atoms with Gasteiger partial charge in [0.05, 0.1) is 0 Å². The summed E-state index contributed by atoms with van der Waals surface area (Å²) < 4.78 is 0. The third-order valence-corrected chi connectivity index (χ3v) is 4.51. The second-order valence-corrected chi connectivity index (χ2v) is 6.93. The average molecular weight is 432 g/mol. The Morgan fingerprint density at radius 2 is 1.75 bits per heavy atom. The van der Waals surface area contributed by atoms with Gasteiger partial charge >= 0.3 is 0 Å². The van der Waals surface area contributed by atoms with Crippen LogP contribution in [-0.4, -0.2) is 36.1 Å². The molecule has 1 aromatic carbocycles. The molecule has 0 unspecified atom stereocenters. The van der Waals surface area contributed by atoms with Crippen LogP contribution in [0.15, 0.2) is 24.3 Å². The van der Waals surface area contributed by atoms with E-state index in [1.807, 2.05) is 18.2 Å². The molecule has 2 heterocycles. The molecule has 2 bridgehead atoms. The number of likely N-dealkylation sites (tertiary alicyclic amines) is 1. The summed E-state index contributed by atoms with van der Waals surface area (Å²) in [6.07, 6.45) is 1.39. The first-order valence-electron chi connectivity index (χ1n) is 7.72. The zero-order valence-electron chi connectivity index (χ0n) is 13.6. The fourth-order valence-electron chi connectivity index (χ4n) is 3.09. The molecule has 2 fully saturated rings. The van der Waals surface area contributed by atoms with Crippen molar-refractivity contribution in [2.75, 3.05) is 13.1 Å². The number of rotatable bonds is 2. The van der Waals surface area contributed by atoms with E-state index in [0.717, 1.165) is 23.1 Å². The van der Waals surface area contributed by atoms with Crippen LogP contribution in [-0.2, 0) is 32.7 Å². The number of nitrogens with one attached hydrogen (secondary N) is 1. The molecule has 0 saturated carbocycles. The Balaban J connectivity index is -0.000000315. The maximum atomic E-state index is 5.79. The standard InChI is InChI=1S/C9H11Cl.C8H16N2.3CH4.Y/c1-7(2)8-4-3-5-9(10)6-8;1-6(2)10-5-7-3-8(10)4-9-7;;;;/h3-7H,1-2H3;6-9H,3-5H2,1-2H3;3*1H4;/t;7-,8-;;;;/m.0..../s1. The summed E-state index contributed by atoms with van der Waals surface area (Å²) in [5.41, 5.74) is 1.30. The Bertz CT molecular complexity index is 437. The molecule has 0 aliphatic carbocycles. The summed E-state index contributed by atoms with van der Waals surface area (Å²) in [6, 6.07) is 10.4. The Kier molecular flexibility index (Phi) is 16.7. The molecule has 1 aromatic rings. The van der Waals surface area contributed by atoms with E-state index in [2.05, 4.69) is 44.0 Å². The zero-order chi connectivity index (χ0) is 14.7. The molecule has 0 amide bonds. The quantitative estimate of drug-likeness (QED) is 0.635. The Morgan fingerprint density at radius 3 is 2.04 bits per heavy atom. The van der Waals surface area contributed by atoms with Crippen LogP contribution in [0.5, 0.6) is 0 Å². The molecule has 139 valence electrons. The third-order valence-electron chi connectivity index (χ3n) is 4.28. The van der Waals surface area contributed by atoms with Gasteiger partial charge in [-0.15, -0.1) is 0 Å². The van der Waals surface area contributed by atoms with Crippen molar-refractivity contribution in [1.29, 1.82) is 0 Å². The number of benzene rings is 1. The van der Waals surface area contributed by atoms with E-state index in [1.165, 1.54) is 25.1 Å². The van der Waals surface area contributed by atoms with Gasteiger partial charge in [-0.2, -0.15) is 0 Å². The SMILES string of the molecule is C.C.C.CC(C)N1C[C@@H]2C[C@H]1CN2.CC(C)c1cccc(Cl)c1.[Y]. The van der Waals surface area contributed by atoms with E-state index < -0.39 is 0 Å². The number of halogens is 1. The van der Waals surface area contributed by atoms with Crippen LogP contribution in [0.25, 0.3) is 0 Å². The first kappa shape index (κ1) is 29.3. The van der Waals surface area contributed by atoms with Crippen LogP contribution >= 0.6 is 11.6 Å². The summed E-state index contributed by atoms with van der Waals surface area (Å²) in [6.45, 7) is 11.4. The van der Waals surface area contributed by atoms with Crippen molar-refractivity contribution in [2.45, 2.75) is 80.4 Å². The summed E-state index contributed by atoms with van der Waals surface area (Å²) in [4.78, 5) is 2.61. The topological polar surface area (TPSA) is 15.3 Å². The smallest absolute Gasteiger partial charge is 0.0408 e. The molecule has 2 aliphatic rings. The largest absolute Gasteiger partial charge is 0.311 e. The van der Waals surface area contributed by atoms with Crippen LogP contribution in [0.2, 0.25) is 5.02 Å². The van der Waals surface area contributed by atoms with Crippen LogP contribution in [0.4, 0.5) is 0 Å². The molecule has 1 N–H and O–H groups in total. The molecule has 2 nitrogen and oxygen atoms in total. The number of fused-ring (bicyclic) bond motifs is 2. The summed E-state index contributed by atoms with van der Waals surface area (Å²) in [5, 5.41) is 4.32. The molecule has 2 atom stereocenters. The predicted molar refractivity (Wildman–Crippen MR) is 108 cm³/mol. The van der Waals surface area contributed by atoms with E-state index in [0.29, 0.717) is 5.92 Å². The Hall–Kier alpha value is 0.534. The first-order chi connectivity index (χ1) is 9.47. The molecule has 0 spiro atoms. The molecule has 1 radical (unpaired) electrons. The van der Waals surface area contributed by atoms with Gasteiger partial charge in [0, 0.05) is 68.9 Å². The first-order valence-corrected chi connectivity index (χ1v) is 8.09. The van der Waals surface area contributed by atoms with Crippen molar-refractivity contribution in [2.24, 2.45) is 0 Å². The summed E-state index contributed by atoms with van der Waals surface area (Å²) in [7, 11) is 0. The second-order valence-electron chi connectivity index (χ2n) is 6.49. The number of nitrogens with zero attached hydrogens (tertiary/aromatic N) is 1. The van der Waals surface area contributed by atoms with E-state index in [9.17, 15) is 0 Å². The van der Waals surface area contributed by atoms with Crippen molar-refractivity contribution < 1.29 is 32.7 Å². The van der Waals surface area contributed by atoms with Crippen LogP contribution in [0, 0.1) is 0 Å². The van der Waals surface area contributed by atoms with Crippen molar-refractivity contribution in [3.63, 3.8) is 0 Å². The molecule has 3 rings (SSSR count). The fourth-order valence-corrected chi connectivity index (χ4v) is 3.29. The van der Waals surface area contributed by atoms with E-state index >= 15 is 0 Å². The predicted octanol–water partition coefficient (Wildman–Crippen LogP) is 5.81. The molecule has 2 aliphatic heterocycles. The van der Waals surface area contributed by atoms with E-state index in [-0.39, 0.29) is 55.0 Å². The molecule has 4 heteroatoms. The van der Waals surface area contributed by atoms with Crippen molar-refractivity contribution >= 4 is 11.6 Å². The van der Waals surface area contributed by atoms with Gasteiger partial charge in [-0.3, -0.25) is 4.90 Å². The maximum Gasteiger partial charge on any atom is 0.0408 e. The fraction of sp³-hybridized carbons (Fsp3) is 0.700. The number of hydrogen-bond donors (Lipinski definition) is 1. The van der Waals surface area contributed by atoms with Crippen molar-refractivity contribution in [1.82, 2.24) is 10.2 Å². The van der Waals surface area contributed by atoms with Crippen LogP contribution in [0.1, 0.15) is 67.9 Å². The normalized spacial score (nSPS) is 21.0. The monoisotopic (exact) mass is 431 g/mol. The van der Waals surface area contributed by atoms with Crippen LogP contribution < -0.4 is 5.32 Å². The maximum absolute atomic E-state index is 5.79. The van der Waals surface area contributed by atoms with Gasteiger partial charge in [-0.1, -0.05) is 59.9 Å². The molecule has 2 saturated heterocycles. The molecular weight excluding hydrogens is 393 g/mol. The van der Waals surface area contributed by atoms with Gasteiger partial charge in [0.2, 0.25) is 0 Å².